The molecule has 1 aliphatic carbocycles. The van der Waals surface area contributed by atoms with Crippen molar-refractivity contribution >= 4 is 11.1 Å². The summed E-state index contributed by atoms with van der Waals surface area (Å²) in [6.45, 7) is 4.87. The van der Waals surface area contributed by atoms with Crippen molar-refractivity contribution in [3.63, 3.8) is 0 Å². The Kier molecular flexibility index (Phi) is 3.79. The van der Waals surface area contributed by atoms with Crippen LogP contribution in [-0.2, 0) is 0 Å². The maximum atomic E-state index is 5.98. The van der Waals surface area contributed by atoms with E-state index in [4.69, 9.17) is 8.94 Å². The van der Waals surface area contributed by atoms with Crippen molar-refractivity contribution in [1.82, 2.24) is 24.9 Å². The second-order valence-electron chi connectivity index (χ2n) is 7.45. The number of hydrogen-bond acceptors (Lipinski definition) is 7. The number of hydrogen-bond donors (Lipinski definition) is 0. The van der Waals surface area contributed by atoms with Gasteiger partial charge in [0, 0.05) is 25.6 Å². The number of oxazole rings is 1. The summed E-state index contributed by atoms with van der Waals surface area (Å²) in [5, 5.41) is 4.18. The lowest BCUT2D eigenvalue weighted by Crippen LogP contribution is -2.47. The topological polar surface area (TPSA) is 71.4 Å². The summed E-state index contributed by atoms with van der Waals surface area (Å²) in [6, 6.07) is 8.11. The number of para-hydroxylation sites is 2. The summed E-state index contributed by atoms with van der Waals surface area (Å²) in [7, 11) is 2.12. The van der Waals surface area contributed by atoms with Crippen LogP contribution >= 0.6 is 0 Å². The van der Waals surface area contributed by atoms with Gasteiger partial charge in [0.2, 0.25) is 11.8 Å². The van der Waals surface area contributed by atoms with Gasteiger partial charge in [-0.05, 0) is 38.9 Å². The molecule has 3 heterocycles. The highest BCUT2D eigenvalue weighted by Gasteiger charge is 2.35. The van der Waals surface area contributed by atoms with Gasteiger partial charge in [0.15, 0.2) is 11.4 Å². The maximum absolute atomic E-state index is 5.98. The Morgan fingerprint density at radius 1 is 1.15 bits per heavy atom. The zero-order valence-electron chi connectivity index (χ0n) is 15.1. The Balaban J connectivity index is 1.36. The summed E-state index contributed by atoms with van der Waals surface area (Å²) in [4.78, 5) is 14.0. The summed E-state index contributed by atoms with van der Waals surface area (Å²) in [5.74, 6) is 2.87. The van der Waals surface area contributed by atoms with Gasteiger partial charge in [-0.1, -0.05) is 17.3 Å². The van der Waals surface area contributed by atoms with Crippen LogP contribution in [0, 0.1) is 0 Å². The second kappa shape index (κ2) is 6.17. The molecule has 5 rings (SSSR count). The molecular formula is C19H23N5O2. The van der Waals surface area contributed by atoms with E-state index in [1.54, 1.807) is 0 Å². The van der Waals surface area contributed by atoms with E-state index in [2.05, 4.69) is 38.9 Å². The Bertz CT molecular complexity index is 882. The fourth-order valence-electron chi connectivity index (χ4n) is 3.63. The minimum atomic E-state index is 0.101. The van der Waals surface area contributed by atoms with Gasteiger partial charge in [-0.15, -0.1) is 0 Å². The lowest BCUT2D eigenvalue weighted by Gasteiger charge is -2.39. The molecular weight excluding hydrogens is 330 g/mol. The van der Waals surface area contributed by atoms with Crippen LogP contribution in [0.2, 0.25) is 0 Å². The monoisotopic (exact) mass is 353 g/mol. The van der Waals surface area contributed by atoms with E-state index < -0.39 is 0 Å². The van der Waals surface area contributed by atoms with E-state index in [0.29, 0.717) is 5.92 Å². The average Bonchev–Trinajstić information content (AvgIpc) is 3.23. The SMILES string of the molecule is CC(c1nc2ccccc2o1)N1CCN(C)C(c2nc(C3CC3)no2)C1. The van der Waals surface area contributed by atoms with Crippen LogP contribution in [0.5, 0.6) is 0 Å². The molecule has 2 aliphatic rings. The highest BCUT2D eigenvalue weighted by molar-refractivity contribution is 5.72. The molecule has 0 amide bonds. The van der Waals surface area contributed by atoms with E-state index in [9.17, 15) is 0 Å². The predicted octanol–water partition coefficient (Wildman–Crippen LogP) is 3.14. The minimum Gasteiger partial charge on any atom is -0.439 e. The zero-order valence-corrected chi connectivity index (χ0v) is 15.1. The molecule has 3 aromatic rings. The summed E-state index contributed by atoms with van der Waals surface area (Å²) < 4.78 is 11.6. The number of piperazine rings is 1. The van der Waals surface area contributed by atoms with Crippen LogP contribution in [0.3, 0.4) is 0 Å². The third-order valence-corrected chi connectivity index (χ3v) is 5.58. The maximum Gasteiger partial charge on any atom is 0.245 e. The molecule has 1 saturated carbocycles. The fourth-order valence-corrected chi connectivity index (χ4v) is 3.63. The van der Waals surface area contributed by atoms with Gasteiger partial charge in [-0.25, -0.2) is 4.98 Å². The molecule has 2 unspecified atom stereocenters. The number of benzene rings is 1. The minimum absolute atomic E-state index is 0.101. The van der Waals surface area contributed by atoms with Crippen molar-refractivity contribution < 1.29 is 8.94 Å². The lowest BCUT2D eigenvalue weighted by molar-refractivity contribution is 0.0462. The standard InChI is InChI=1S/C19H23N5O2/c1-12(18-20-14-5-3-4-6-16(14)25-18)24-10-9-23(2)15(11-24)19-21-17(22-26-19)13-7-8-13/h3-6,12-13,15H,7-11H2,1-2H3. The molecule has 7 heteroatoms. The molecule has 1 aliphatic heterocycles. The third kappa shape index (κ3) is 2.81. The average molecular weight is 353 g/mol. The van der Waals surface area contributed by atoms with E-state index in [-0.39, 0.29) is 12.1 Å². The number of nitrogens with zero attached hydrogens (tertiary/aromatic N) is 5. The number of rotatable bonds is 4. The molecule has 2 aromatic heterocycles. The van der Waals surface area contributed by atoms with Crippen LogP contribution in [0.15, 0.2) is 33.2 Å². The van der Waals surface area contributed by atoms with Crippen LogP contribution < -0.4 is 0 Å². The van der Waals surface area contributed by atoms with Crippen molar-refractivity contribution in [2.75, 3.05) is 26.7 Å². The molecule has 1 saturated heterocycles. The number of fused-ring (bicyclic) bond motifs is 1. The van der Waals surface area contributed by atoms with Crippen molar-refractivity contribution in [1.29, 1.82) is 0 Å². The van der Waals surface area contributed by atoms with Crippen LogP contribution in [-0.4, -0.2) is 51.6 Å². The largest absolute Gasteiger partial charge is 0.439 e. The number of aromatic nitrogens is 3. The molecule has 2 fully saturated rings. The third-order valence-electron chi connectivity index (χ3n) is 5.58. The first-order chi connectivity index (χ1) is 12.7. The number of likely N-dealkylation sites (N-methyl/N-ethyl adjacent to an activating group) is 1. The molecule has 0 bridgehead atoms. The first-order valence-electron chi connectivity index (χ1n) is 9.32. The van der Waals surface area contributed by atoms with Gasteiger partial charge in [-0.3, -0.25) is 9.80 Å². The van der Waals surface area contributed by atoms with E-state index >= 15 is 0 Å². The van der Waals surface area contributed by atoms with Crippen LogP contribution in [0.25, 0.3) is 11.1 Å². The Hall–Kier alpha value is -2.25. The van der Waals surface area contributed by atoms with Gasteiger partial charge in [0.25, 0.3) is 0 Å². The predicted molar refractivity (Wildman–Crippen MR) is 95.6 cm³/mol. The van der Waals surface area contributed by atoms with Crippen molar-refractivity contribution in [2.45, 2.75) is 37.8 Å². The summed E-state index contributed by atoms with van der Waals surface area (Å²) in [5.41, 5.74) is 1.75. The highest BCUT2D eigenvalue weighted by Crippen LogP contribution is 2.39. The van der Waals surface area contributed by atoms with Gasteiger partial charge in [0.1, 0.15) is 11.6 Å². The van der Waals surface area contributed by atoms with Gasteiger partial charge in [0.05, 0.1) is 6.04 Å². The molecule has 26 heavy (non-hydrogen) atoms. The van der Waals surface area contributed by atoms with Crippen molar-refractivity contribution in [2.24, 2.45) is 0 Å². The first kappa shape index (κ1) is 16.0. The van der Waals surface area contributed by atoms with Gasteiger partial charge in [-0.2, -0.15) is 4.98 Å². The summed E-state index contributed by atoms with van der Waals surface area (Å²) >= 11 is 0. The van der Waals surface area contributed by atoms with Crippen molar-refractivity contribution in [3.8, 4) is 0 Å². The first-order valence-corrected chi connectivity index (χ1v) is 9.32. The van der Waals surface area contributed by atoms with Crippen LogP contribution in [0.1, 0.15) is 55.4 Å². The van der Waals surface area contributed by atoms with E-state index in [1.165, 1.54) is 12.8 Å². The molecule has 0 N–H and O–H groups in total. The smallest absolute Gasteiger partial charge is 0.245 e. The van der Waals surface area contributed by atoms with Crippen LogP contribution in [0.4, 0.5) is 0 Å². The molecule has 0 spiro atoms. The Morgan fingerprint density at radius 2 is 2.00 bits per heavy atom. The normalized spacial score (nSPS) is 23.5. The molecule has 0 radical (unpaired) electrons. The molecule has 7 nitrogen and oxygen atoms in total. The molecule has 1 aromatic carbocycles. The lowest BCUT2D eigenvalue weighted by atomic mass is 10.1. The van der Waals surface area contributed by atoms with Gasteiger partial charge >= 0.3 is 0 Å². The van der Waals surface area contributed by atoms with Crippen molar-refractivity contribution in [3.05, 3.63) is 41.9 Å². The zero-order chi connectivity index (χ0) is 17.7. The fraction of sp³-hybridized carbons (Fsp3) is 0.526. The molecule has 2 atom stereocenters. The quantitative estimate of drug-likeness (QED) is 0.713. The second-order valence-corrected chi connectivity index (χ2v) is 7.45. The summed E-state index contributed by atoms with van der Waals surface area (Å²) in [6.07, 6.45) is 2.36. The highest BCUT2D eigenvalue weighted by atomic mass is 16.5. The Labute approximate surface area is 152 Å². The molecule has 136 valence electrons. The Morgan fingerprint density at radius 3 is 2.81 bits per heavy atom. The van der Waals surface area contributed by atoms with E-state index in [1.807, 2.05) is 24.3 Å². The van der Waals surface area contributed by atoms with Gasteiger partial charge < -0.3 is 8.94 Å². The van der Waals surface area contributed by atoms with E-state index in [0.717, 1.165) is 48.3 Å².